The first kappa shape index (κ1) is 9.00. The Morgan fingerprint density at radius 3 is 2.92 bits per heavy atom. The molecule has 2 nitrogen and oxygen atoms in total. The van der Waals surface area contributed by atoms with E-state index in [1.165, 1.54) is 12.8 Å². The van der Waals surface area contributed by atoms with Crippen LogP contribution in [-0.2, 0) is 6.42 Å². The minimum atomic E-state index is 0.446. The molecule has 0 N–H and O–H groups in total. The zero-order chi connectivity index (χ0) is 9.26. The summed E-state index contributed by atoms with van der Waals surface area (Å²) in [5.41, 5.74) is 1.09. The molecule has 0 aliphatic heterocycles. The summed E-state index contributed by atoms with van der Waals surface area (Å²) in [4.78, 5) is 4.31. The van der Waals surface area contributed by atoms with Gasteiger partial charge in [-0.3, -0.25) is 4.98 Å². The van der Waals surface area contributed by atoms with Crippen LogP contribution in [0.3, 0.4) is 0 Å². The highest BCUT2D eigenvalue weighted by Crippen LogP contribution is 2.28. The molecule has 1 fully saturated rings. The number of aryl methyl sites for hydroxylation is 1. The summed E-state index contributed by atoms with van der Waals surface area (Å²) < 4.78 is 6.66. The van der Waals surface area contributed by atoms with E-state index >= 15 is 0 Å². The van der Waals surface area contributed by atoms with Crippen LogP contribution in [0.1, 0.15) is 25.5 Å². The molecule has 0 amide bonds. The van der Waals surface area contributed by atoms with E-state index in [-0.39, 0.29) is 0 Å². The molecule has 0 atom stereocenters. The van der Waals surface area contributed by atoms with Crippen LogP contribution in [0.25, 0.3) is 0 Å². The van der Waals surface area contributed by atoms with Crippen molar-refractivity contribution in [1.82, 2.24) is 4.98 Å². The van der Waals surface area contributed by atoms with E-state index < -0.39 is 0 Å². The lowest BCUT2D eigenvalue weighted by Crippen LogP contribution is -1.97. The third-order valence-electron chi connectivity index (χ3n) is 2.05. The molecule has 0 spiro atoms. The minimum absolute atomic E-state index is 0.446. The first-order valence-corrected chi connectivity index (χ1v) is 5.40. The topological polar surface area (TPSA) is 22.1 Å². The Labute approximate surface area is 86.5 Å². The van der Waals surface area contributed by atoms with Crippen molar-refractivity contribution < 1.29 is 4.74 Å². The lowest BCUT2D eigenvalue weighted by Gasteiger charge is -2.05. The van der Waals surface area contributed by atoms with E-state index in [0.29, 0.717) is 6.10 Å². The van der Waals surface area contributed by atoms with Crippen LogP contribution in [0.5, 0.6) is 5.75 Å². The summed E-state index contributed by atoms with van der Waals surface area (Å²) in [6.45, 7) is 2.09. The van der Waals surface area contributed by atoms with Crippen LogP contribution in [0.15, 0.2) is 16.7 Å². The summed E-state index contributed by atoms with van der Waals surface area (Å²) in [6.07, 6.45) is 5.58. The third kappa shape index (κ3) is 2.21. The highest BCUT2D eigenvalue weighted by atomic mass is 79.9. The number of nitrogens with zero attached hydrogens (tertiary/aromatic N) is 1. The molecule has 0 bridgehead atoms. The second-order valence-corrected chi connectivity index (χ2v) is 4.12. The predicted octanol–water partition coefficient (Wildman–Crippen LogP) is 2.95. The zero-order valence-corrected chi connectivity index (χ0v) is 9.17. The fraction of sp³-hybridized carbons (Fsp3) is 0.500. The molecule has 1 heterocycles. The number of aromatic nitrogens is 1. The molecule has 1 aliphatic carbocycles. The lowest BCUT2D eigenvalue weighted by atomic mass is 10.3. The Morgan fingerprint density at radius 2 is 2.38 bits per heavy atom. The molecule has 0 aromatic carbocycles. The largest absolute Gasteiger partial charge is 0.489 e. The molecule has 1 aromatic rings. The van der Waals surface area contributed by atoms with Crippen molar-refractivity contribution in [2.24, 2.45) is 0 Å². The van der Waals surface area contributed by atoms with Crippen LogP contribution in [0, 0.1) is 0 Å². The van der Waals surface area contributed by atoms with Gasteiger partial charge in [0.2, 0.25) is 0 Å². The first-order valence-electron chi connectivity index (χ1n) is 4.60. The minimum Gasteiger partial charge on any atom is -0.489 e. The van der Waals surface area contributed by atoms with Gasteiger partial charge in [0, 0.05) is 4.47 Å². The van der Waals surface area contributed by atoms with E-state index in [1.807, 2.05) is 12.3 Å². The average Bonchev–Trinajstić information content (AvgIpc) is 2.89. The summed E-state index contributed by atoms with van der Waals surface area (Å²) in [7, 11) is 0. The Bertz CT molecular complexity index is 310. The first-order chi connectivity index (χ1) is 6.29. The fourth-order valence-electron chi connectivity index (χ4n) is 1.15. The molecular formula is C10H12BrNO. The highest BCUT2D eigenvalue weighted by molar-refractivity contribution is 9.10. The number of hydrogen-bond acceptors (Lipinski definition) is 2. The van der Waals surface area contributed by atoms with Crippen LogP contribution in [0.2, 0.25) is 0 Å². The van der Waals surface area contributed by atoms with Gasteiger partial charge in [0.05, 0.1) is 18.0 Å². The molecule has 0 unspecified atom stereocenters. The second kappa shape index (κ2) is 3.66. The van der Waals surface area contributed by atoms with Crippen molar-refractivity contribution in [3.05, 3.63) is 22.4 Å². The predicted molar refractivity (Wildman–Crippen MR) is 55.0 cm³/mol. The highest BCUT2D eigenvalue weighted by Gasteiger charge is 2.23. The maximum absolute atomic E-state index is 5.61. The maximum atomic E-state index is 5.61. The number of halogens is 1. The quantitative estimate of drug-likeness (QED) is 0.812. The zero-order valence-electron chi connectivity index (χ0n) is 7.59. The molecule has 0 saturated heterocycles. The summed E-state index contributed by atoms with van der Waals surface area (Å²) in [5.74, 6) is 0.881. The molecule has 1 saturated carbocycles. The fourth-order valence-corrected chi connectivity index (χ4v) is 1.76. The normalized spacial score (nSPS) is 15.8. The van der Waals surface area contributed by atoms with Crippen LogP contribution in [-0.4, -0.2) is 11.1 Å². The van der Waals surface area contributed by atoms with Gasteiger partial charge in [0.1, 0.15) is 5.75 Å². The molecule has 13 heavy (non-hydrogen) atoms. The second-order valence-electron chi connectivity index (χ2n) is 3.27. The van der Waals surface area contributed by atoms with E-state index in [9.17, 15) is 0 Å². The standard InChI is InChI=1S/C10H12BrNO/c1-2-10-9(11)5-8(6-12-10)13-7-3-4-7/h5-7H,2-4H2,1H3. The van der Waals surface area contributed by atoms with Crippen LogP contribution < -0.4 is 4.74 Å². The summed E-state index contributed by atoms with van der Waals surface area (Å²) in [5, 5.41) is 0. The Hall–Kier alpha value is -0.570. The monoisotopic (exact) mass is 241 g/mol. The summed E-state index contributed by atoms with van der Waals surface area (Å²) >= 11 is 3.48. The van der Waals surface area contributed by atoms with Gasteiger partial charge < -0.3 is 4.74 Å². The number of ether oxygens (including phenoxy) is 1. The van der Waals surface area contributed by atoms with Crippen molar-refractivity contribution in [2.45, 2.75) is 32.3 Å². The van der Waals surface area contributed by atoms with Gasteiger partial charge in [-0.2, -0.15) is 0 Å². The molecule has 2 rings (SSSR count). The molecule has 1 aromatic heterocycles. The van der Waals surface area contributed by atoms with Gasteiger partial charge in [-0.25, -0.2) is 0 Å². The molecule has 70 valence electrons. The third-order valence-corrected chi connectivity index (χ3v) is 2.74. The van der Waals surface area contributed by atoms with Gasteiger partial charge in [-0.15, -0.1) is 0 Å². The smallest absolute Gasteiger partial charge is 0.139 e. The molecule has 3 heteroatoms. The van der Waals surface area contributed by atoms with Gasteiger partial charge in [0.15, 0.2) is 0 Å². The van der Waals surface area contributed by atoms with Crippen molar-refractivity contribution in [3.63, 3.8) is 0 Å². The van der Waals surface area contributed by atoms with E-state index in [0.717, 1.165) is 22.3 Å². The van der Waals surface area contributed by atoms with Crippen molar-refractivity contribution in [3.8, 4) is 5.75 Å². The molecular weight excluding hydrogens is 230 g/mol. The van der Waals surface area contributed by atoms with Gasteiger partial charge in [0.25, 0.3) is 0 Å². The van der Waals surface area contributed by atoms with Gasteiger partial charge in [-0.1, -0.05) is 6.92 Å². The van der Waals surface area contributed by atoms with Crippen LogP contribution in [0.4, 0.5) is 0 Å². The van der Waals surface area contributed by atoms with Crippen molar-refractivity contribution in [1.29, 1.82) is 0 Å². The Balaban J connectivity index is 2.13. The van der Waals surface area contributed by atoms with Crippen molar-refractivity contribution in [2.75, 3.05) is 0 Å². The average molecular weight is 242 g/mol. The molecule has 1 aliphatic rings. The van der Waals surface area contributed by atoms with Crippen molar-refractivity contribution >= 4 is 15.9 Å². The lowest BCUT2D eigenvalue weighted by molar-refractivity contribution is 0.301. The van der Waals surface area contributed by atoms with Gasteiger partial charge in [-0.05, 0) is 41.3 Å². The Kier molecular flexibility index (Phi) is 2.54. The maximum Gasteiger partial charge on any atom is 0.139 e. The number of hydrogen-bond donors (Lipinski definition) is 0. The van der Waals surface area contributed by atoms with E-state index in [1.54, 1.807) is 0 Å². The van der Waals surface area contributed by atoms with E-state index in [2.05, 4.69) is 27.8 Å². The SMILES string of the molecule is CCc1ncc(OC2CC2)cc1Br. The molecule has 0 radical (unpaired) electrons. The number of rotatable bonds is 3. The van der Waals surface area contributed by atoms with E-state index in [4.69, 9.17) is 4.74 Å². The van der Waals surface area contributed by atoms with Crippen LogP contribution >= 0.6 is 15.9 Å². The number of pyridine rings is 1. The van der Waals surface area contributed by atoms with Gasteiger partial charge >= 0.3 is 0 Å². The summed E-state index contributed by atoms with van der Waals surface area (Å²) in [6, 6.07) is 2.00. The Morgan fingerprint density at radius 1 is 1.62 bits per heavy atom.